The molecule has 1 aliphatic rings. The highest BCUT2D eigenvalue weighted by Crippen LogP contribution is 2.38. The van der Waals surface area contributed by atoms with Gasteiger partial charge in [0, 0.05) is 16.6 Å². The number of allylic oxidation sites excluding steroid dienone is 1. The molecule has 1 aliphatic heterocycles. The van der Waals surface area contributed by atoms with Crippen LogP contribution in [0.25, 0.3) is 17.5 Å². The maximum atomic E-state index is 13.7. The van der Waals surface area contributed by atoms with Gasteiger partial charge in [-0.3, -0.25) is 14.2 Å². The van der Waals surface area contributed by atoms with Gasteiger partial charge in [0.1, 0.15) is 15.0 Å². The number of aromatic nitrogens is 1. The largest absolute Gasteiger partial charge is 0.466 e. The van der Waals surface area contributed by atoms with E-state index in [0.29, 0.717) is 5.69 Å². The van der Waals surface area contributed by atoms with Crippen molar-refractivity contribution in [3.63, 3.8) is 0 Å². The molecule has 34 heavy (non-hydrogen) atoms. The number of amides is 1. The van der Waals surface area contributed by atoms with E-state index in [4.69, 9.17) is 5.73 Å². The summed E-state index contributed by atoms with van der Waals surface area (Å²) in [7, 11) is 1.20. The van der Waals surface area contributed by atoms with Gasteiger partial charge in [0.2, 0.25) is 0 Å². The van der Waals surface area contributed by atoms with Crippen molar-refractivity contribution in [3.8, 4) is 6.07 Å². The monoisotopic (exact) mass is 492 g/mol. The van der Waals surface area contributed by atoms with Crippen LogP contribution in [0.5, 0.6) is 0 Å². The van der Waals surface area contributed by atoms with Crippen molar-refractivity contribution in [2.24, 2.45) is 5.73 Å². The average molecular weight is 493 g/mol. The van der Waals surface area contributed by atoms with Gasteiger partial charge in [-0.05, 0) is 36.9 Å². The number of nitriles is 1. The van der Waals surface area contributed by atoms with Crippen LogP contribution in [0.15, 0.2) is 46.1 Å². The average Bonchev–Trinajstić information content (AvgIpc) is 3.44. The molecule has 4 rings (SSSR count). The zero-order valence-electron chi connectivity index (χ0n) is 18.5. The van der Waals surface area contributed by atoms with Gasteiger partial charge in [-0.1, -0.05) is 23.8 Å². The number of nitrogens with one attached hydrogen (secondary N) is 1. The molecule has 2 aromatic heterocycles. The Kier molecular flexibility index (Phi) is 6.24. The lowest BCUT2D eigenvalue weighted by atomic mass is 9.88. The Morgan fingerprint density at radius 3 is 2.68 bits per heavy atom. The third-order valence-electron chi connectivity index (χ3n) is 5.42. The molecule has 0 radical (unpaired) electrons. The number of nitrogens with two attached hydrogens (primary N) is 1. The number of nitrogens with zero attached hydrogens (tertiary/aromatic N) is 2. The van der Waals surface area contributed by atoms with Gasteiger partial charge in [-0.25, -0.2) is 4.79 Å². The minimum absolute atomic E-state index is 0.0470. The van der Waals surface area contributed by atoms with Crippen molar-refractivity contribution in [3.05, 3.63) is 76.8 Å². The number of esters is 1. The van der Waals surface area contributed by atoms with Crippen molar-refractivity contribution in [2.75, 3.05) is 12.4 Å². The van der Waals surface area contributed by atoms with E-state index >= 15 is 0 Å². The Morgan fingerprint density at radius 2 is 2.06 bits per heavy atom. The highest BCUT2D eigenvalue weighted by atomic mass is 32.1. The second kappa shape index (κ2) is 9.13. The standard InChI is InChI=1S/C24H20N4O4S2/c1-12-6-7-15(13(2)9-12)27-22(30)20-19(16-5-4-8-33-16)14(11-25)21(26)28-23(31)17(34-24(20)28)10-18(29)32-3/h4-10,19H,26H2,1-3H3,(H,27,30)/b17-10-/t19-/m1/s1. The number of rotatable bonds is 4. The summed E-state index contributed by atoms with van der Waals surface area (Å²) in [6, 6.07) is 11.4. The fourth-order valence-electron chi connectivity index (χ4n) is 3.82. The fourth-order valence-corrected chi connectivity index (χ4v) is 5.80. The van der Waals surface area contributed by atoms with E-state index in [1.807, 2.05) is 43.5 Å². The quantitative estimate of drug-likeness (QED) is 0.535. The number of thiophene rings is 1. The van der Waals surface area contributed by atoms with Crippen molar-refractivity contribution in [2.45, 2.75) is 19.8 Å². The van der Waals surface area contributed by atoms with E-state index in [0.717, 1.165) is 38.0 Å². The zero-order valence-corrected chi connectivity index (χ0v) is 20.2. The van der Waals surface area contributed by atoms with Crippen LogP contribution in [-0.4, -0.2) is 23.6 Å². The second-order valence-corrected chi connectivity index (χ2v) is 9.63. The second-order valence-electron chi connectivity index (χ2n) is 7.62. The molecule has 1 aromatic carbocycles. The molecular formula is C24H20N4O4S2. The first kappa shape index (κ1) is 23.2. The molecule has 3 heterocycles. The molecule has 3 N–H and O–H groups in total. The van der Waals surface area contributed by atoms with Crippen LogP contribution < -0.4 is 25.8 Å². The molecule has 0 spiro atoms. The Balaban J connectivity index is 2.03. The minimum Gasteiger partial charge on any atom is -0.466 e. The molecule has 1 atom stereocenters. The van der Waals surface area contributed by atoms with Crippen molar-refractivity contribution in [1.82, 2.24) is 4.57 Å². The summed E-state index contributed by atoms with van der Waals surface area (Å²) in [5.74, 6) is -2.01. The number of carbonyl (C=O) groups is 2. The number of carbonyl (C=O) groups excluding carboxylic acids is 2. The fraction of sp³-hybridized carbons (Fsp3) is 0.167. The van der Waals surface area contributed by atoms with Crippen LogP contribution in [-0.2, 0) is 14.3 Å². The summed E-state index contributed by atoms with van der Waals surface area (Å²) < 4.78 is 6.08. The van der Waals surface area contributed by atoms with Crippen LogP contribution in [0.4, 0.5) is 5.69 Å². The van der Waals surface area contributed by atoms with Crippen molar-refractivity contribution < 1.29 is 14.3 Å². The molecule has 0 fully saturated rings. The molecule has 0 aliphatic carbocycles. The van der Waals surface area contributed by atoms with Crippen molar-refractivity contribution in [1.29, 1.82) is 5.26 Å². The number of methoxy groups -OCH3 is 1. The zero-order chi connectivity index (χ0) is 24.6. The van der Waals surface area contributed by atoms with Crippen LogP contribution in [0.3, 0.4) is 0 Å². The summed E-state index contributed by atoms with van der Waals surface area (Å²) in [5.41, 5.74) is 8.52. The Hall–Kier alpha value is -3.94. The van der Waals surface area contributed by atoms with E-state index in [1.165, 1.54) is 18.4 Å². The molecule has 8 nitrogen and oxygen atoms in total. The van der Waals surface area contributed by atoms with Gasteiger partial charge in [-0.15, -0.1) is 22.7 Å². The van der Waals surface area contributed by atoms with Gasteiger partial charge in [0.25, 0.3) is 11.5 Å². The summed E-state index contributed by atoms with van der Waals surface area (Å²) in [6.07, 6.45) is 1.05. The number of hydrogen-bond donors (Lipinski definition) is 2. The van der Waals surface area contributed by atoms with Crippen LogP contribution in [0, 0.1) is 25.2 Å². The Labute approximate surface area is 202 Å². The molecule has 3 aromatic rings. The van der Waals surface area contributed by atoms with E-state index in [2.05, 4.69) is 16.1 Å². The third kappa shape index (κ3) is 3.96. The topological polar surface area (TPSA) is 127 Å². The maximum absolute atomic E-state index is 13.7. The maximum Gasteiger partial charge on any atom is 0.332 e. The Morgan fingerprint density at radius 1 is 1.29 bits per heavy atom. The Bertz CT molecular complexity index is 1570. The van der Waals surface area contributed by atoms with E-state index < -0.39 is 23.4 Å². The lowest BCUT2D eigenvalue weighted by Gasteiger charge is -2.24. The molecule has 172 valence electrons. The van der Waals surface area contributed by atoms with Gasteiger partial charge < -0.3 is 15.8 Å². The van der Waals surface area contributed by atoms with Crippen molar-refractivity contribution >= 4 is 57.7 Å². The third-order valence-corrected chi connectivity index (χ3v) is 7.47. The van der Waals surface area contributed by atoms with Crippen LogP contribution >= 0.6 is 22.7 Å². The molecule has 0 saturated heterocycles. The van der Waals surface area contributed by atoms with Gasteiger partial charge in [-0.2, -0.15) is 5.26 Å². The molecule has 0 bridgehead atoms. The first-order chi connectivity index (χ1) is 16.3. The normalized spacial score (nSPS) is 15.6. The predicted molar refractivity (Wildman–Crippen MR) is 132 cm³/mol. The highest BCUT2D eigenvalue weighted by Gasteiger charge is 2.36. The summed E-state index contributed by atoms with van der Waals surface area (Å²) in [4.78, 5) is 39.4. The first-order valence-electron chi connectivity index (χ1n) is 10.1. The number of benzene rings is 1. The number of anilines is 1. The van der Waals surface area contributed by atoms with Gasteiger partial charge in [0.05, 0.1) is 30.2 Å². The number of aryl methyl sites for hydroxylation is 2. The summed E-state index contributed by atoms with van der Waals surface area (Å²) in [6.45, 7) is 3.84. The van der Waals surface area contributed by atoms with Gasteiger partial charge >= 0.3 is 5.97 Å². The molecule has 10 heteroatoms. The van der Waals surface area contributed by atoms with Crippen LogP contribution in [0.1, 0.15) is 21.9 Å². The number of ether oxygens (including phenoxy) is 1. The first-order valence-corrected chi connectivity index (χ1v) is 11.8. The van der Waals surface area contributed by atoms with E-state index in [-0.39, 0.29) is 26.2 Å². The van der Waals surface area contributed by atoms with Crippen LogP contribution in [0.2, 0.25) is 0 Å². The van der Waals surface area contributed by atoms with Gasteiger partial charge in [0.15, 0.2) is 0 Å². The number of hydrogen-bond acceptors (Lipinski definition) is 8. The minimum atomic E-state index is -0.764. The lowest BCUT2D eigenvalue weighted by molar-refractivity contribution is -0.133. The highest BCUT2D eigenvalue weighted by molar-refractivity contribution is 7.10. The van der Waals surface area contributed by atoms with E-state index in [1.54, 1.807) is 6.07 Å². The molecule has 1 amide bonds. The molecule has 0 unspecified atom stereocenters. The SMILES string of the molecule is COC(=O)/C=c1\sc2n(c1=O)C(N)=C(C#N)[C@H](c1cccs1)C=2C(=O)Nc1ccc(C)cc1C. The number of fused-ring (bicyclic) bond motifs is 1. The smallest absolute Gasteiger partial charge is 0.332 e. The molecule has 0 saturated carbocycles. The number of thiazole rings is 1. The van der Waals surface area contributed by atoms with E-state index in [9.17, 15) is 19.6 Å². The lowest BCUT2D eigenvalue weighted by Crippen LogP contribution is -2.40. The predicted octanol–water partition coefficient (Wildman–Crippen LogP) is 1.78. The molecular weight excluding hydrogens is 472 g/mol. The summed E-state index contributed by atoms with van der Waals surface area (Å²) in [5, 5.41) is 14.7. The summed E-state index contributed by atoms with van der Waals surface area (Å²) >= 11 is 2.33.